The van der Waals surface area contributed by atoms with E-state index < -0.39 is 0 Å². The Bertz CT molecular complexity index is 875. The van der Waals surface area contributed by atoms with Crippen LogP contribution in [0.1, 0.15) is 13.8 Å². The van der Waals surface area contributed by atoms with Crippen molar-refractivity contribution in [2.24, 2.45) is 0 Å². The van der Waals surface area contributed by atoms with Gasteiger partial charge in [0.1, 0.15) is 0 Å². The van der Waals surface area contributed by atoms with E-state index in [0.717, 1.165) is 19.9 Å². The zero-order valence-corrected chi connectivity index (χ0v) is 15.3. The molecular formula is C17H15IN2OS. The fraction of sp³-hybridized carbons (Fsp3) is 0.176. The zero-order chi connectivity index (χ0) is 15.7. The molecule has 3 aromatic rings. The third-order valence-electron chi connectivity index (χ3n) is 3.15. The lowest BCUT2D eigenvalue weighted by molar-refractivity contribution is 0.815. The third kappa shape index (κ3) is 3.05. The topological polar surface area (TPSA) is 34.9 Å². The van der Waals surface area contributed by atoms with Crippen LogP contribution in [-0.4, -0.2) is 14.8 Å². The summed E-state index contributed by atoms with van der Waals surface area (Å²) in [6, 6.07) is 15.5. The maximum atomic E-state index is 13.0. The molecule has 1 aromatic heterocycles. The normalized spacial score (nSPS) is 11.3. The highest BCUT2D eigenvalue weighted by Crippen LogP contribution is 2.25. The molecule has 22 heavy (non-hydrogen) atoms. The molecule has 2 aromatic carbocycles. The summed E-state index contributed by atoms with van der Waals surface area (Å²) >= 11 is 3.82. The standard InChI is InChI=1S/C17H15IN2OS/c1-11(2)22-17-19-15-9-8-12(18)10-14(15)16(21)20(17)13-6-4-3-5-7-13/h3-11H,1-2H3. The minimum atomic E-state index is -0.0159. The molecule has 3 rings (SSSR count). The average molecular weight is 422 g/mol. The smallest absolute Gasteiger partial charge is 0.266 e. The van der Waals surface area contributed by atoms with E-state index >= 15 is 0 Å². The van der Waals surface area contributed by atoms with Gasteiger partial charge in [0.15, 0.2) is 5.16 Å². The van der Waals surface area contributed by atoms with Crippen LogP contribution < -0.4 is 5.56 Å². The van der Waals surface area contributed by atoms with Crippen molar-refractivity contribution in [3.05, 3.63) is 62.5 Å². The summed E-state index contributed by atoms with van der Waals surface area (Å²) in [5, 5.41) is 1.74. The predicted octanol–water partition coefficient (Wildman–Crippen LogP) is 4.49. The highest BCUT2D eigenvalue weighted by Gasteiger charge is 2.14. The minimum Gasteiger partial charge on any atom is -0.268 e. The van der Waals surface area contributed by atoms with Gasteiger partial charge in [-0.15, -0.1) is 0 Å². The van der Waals surface area contributed by atoms with Crippen LogP contribution in [0, 0.1) is 3.57 Å². The molecule has 0 fully saturated rings. The number of rotatable bonds is 3. The molecule has 3 nitrogen and oxygen atoms in total. The first kappa shape index (κ1) is 15.6. The third-order valence-corrected chi connectivity index (χ3v) is 4.78. The maximum absolute atomic E-state index is 13.0. The van der Waals surface area contributed by atoms with Crippen molar-refractivity contribution in [3.8, 4) is 5.69 Å². The lowest BCUT2D eigenvalue weighted by Crippen LogP contribution is -2.22. The van der Waals surface area contributed by atoms with Crippen molar-refractivity contribution in [2.75, 3.05) is 0 Å². The summed E-state index contributed by atoms with van der Waals surface area (Å²) in [6.45, 7) is 4.20. The van der Waals surface area contributed by atoms with E-state index in [1.54, 1.807) is 16.3 Å². The van der Waals surface area contributed by atoms with Gasteiger partial charge >= 0.3 is 0 Å². The van der Waals surface area contributed by atoms with Crippen molar-refractivity contribution in [1.29, 1.82) is 0 Å². The molecule has 0 aliphatic rings. The molecule has 112 valence electrons. The van der Waals surface area contributed by atoms with Gasteiger partial charge in [0.2, 0.25) is 0 Å². The second-order valence-electron chi connectivity index (χ2n) is 5.20. The zero-order valence-electron chi connectivity index (χ0n) is 12.3. The molecule has 0 saturated heterocycles. The molecule has 0 aliphatic heterocycles. The Morgan fingerprint density at radius 1 is 1.14 bits per heavy atom. The van der Waals surface area contributed by atoms with E-state index in [1.165, 1.54) is 0 Å². The monoisotopic (exact) mass is 422 g/mol. The predicted molar refractivity (Wildman–Crippen MR) is 101 cm³/mol. The van der Waals surface area contributed by atoms with Crippen molar-refractivity contribution >= 4 is 45.3 Å². The fourth-order valence-electron chi connectivity index (χ4n) is 2.23. The van der Waals surface area contributed by atoms with Crippen molar-refractivity contribution in [2.45, 2.75) is 24.3 Å². The van der Waals surface area contributed by atoms with E-state index in [4.69, 9.17) is 4.98 Å². The van der Waals surface area contributed by atoms with Gasteiger partial charge in [0.05, 0.1) is 16.6 Å². The minimum absolute atomic E-state index is 0.0159. The molecule has 0 saturated carbocycles. The number of fused-ring (bicyclic) bond motifs is 1. The van der Waals surface area contributed by atoms with E-state index in [0.29, 0.717) is 10.6 Å². The number of hydrogen-bond acceptors (Lipinski definition) is 3. The second-order valence-corrected chi connectivity index (χ2v) is 7.99. The molecule has 0 bridgehead atoms. The van der Waals surface area contributed by atoms with Crippen molar-refractivity contribution < 1.29 is 0 Å². The molecule has 0 spiro atoms. The van der Waals surface area contributed by atoms with Crippen LogP contribution in [0.25, 0.3) is 16.6 Å². The van der Waals surface area contributed by atoms with Crippen molar-refractivity contribution in [3.63, 3.8) is 0 Å². The van der Waals surface area contributed by atoms with Crippen molar-refractivity contribution in [1.82, 2.24) is 9.55 Å². The highest BCUT2D eigenvalue weighted by molar-refractivity contribution is 14.1. The Labute approximate surface area is 146 Å². The molecule has 1 heterocycles. The Kier molecular flexibility index (Phi) is 4.54. The average Bonchev–Trinajstić information content (AvgIpc) is 2.49. The van der Waals surface area contributed by atoms with Crippen LogP contribution in [-0.2, 0) is 0 Å². The van der Waals surface area contributed by atoms with E-state index in [2.05, 4.69) is 36.4 Å². The number of benzene rings is 2. The van der Waals surface area contributed by atoms with Gasteiger partial charge in [0, 0.05) is 8.82 Å². The van der Waals surface area contributed by atoms with Gasteiger partial charge < -0.3 is 0 Å². The van der Waals surface area contributed by atoms with E-state index in [9.17, 15) is 4.79 Å². The molecule has 0 amide bonds. The summed E-state index contributed by atoms with van der Waals surface area (Å²) in [6.07, 6.45) is 0. The highest BCUT2D eigenvalue weighted by atomic mass is 127. The Morgan fingerprint density at radius 3 is 2.55 bits per heavy atom. The molecule has 0 unspecified atom stereocenters. The quantitative estimate of drug-likeness (QED) is 0.355. The van der Waals surface area contributed by atoms with Crippen LogP contribution in [0.4, 0.5) is 0 Å². The van der Waals surface area contributed by atoms with Gasteiger partial charge in [0.25, 0.3) is 5.56 Å². The largest absolute Gasteiger partial charge is 0.268 e. The van der Waals surface area contributed by atoms with Crippen LogP contribution in [0.5, 0.6) is 0 Å². The number of aromatic nitrogens is 2. The number of para-hydroxylation sites is 1. The number of halogens is 1. The molecule has 0 radical (unpaired) electrons. The summed E-state index contributed by atoms with van der Waals surface area (Å²) in [5.74, 6) is 0. The van der Waals surface area contributed by atoms with Gasteiger partial charge in [-0.2, -0.15) is 0 Å². The fourth-order valence-corrected chi connectivity index (χ4v) is 3.59. The molecular weight excluding hydrogens is 407 g/mol. The van der Waals surface area contributed by atoms with E-state index in [-0.39, 0.29) is 5.56 Å². The number of hydrogen-bond donors (Lipinski definition) is 0. The van der Waals surface area contributed by atoms with Gasteiger partial charge in [-0.3, -0.25) is 9.36 Å². The molecule has 5 heteroatoms. The molecule has 0 aliphatic carbocycles. The van der Waals surface area contributed by atoms with Crippen LogP contribution in [0.2, 0.25) is 0 Å². The summed E-state index contributed by atoms with van der Waals surface area (Å²) < 4.78 is 2.75. The van der Waals surface area contributed by atoms with Gasteiger partial charge in [-0.05, 0) is 52.9 Å². The first-order chi connectivity index (χ1) is 10.6. The van der Waals surface area contributed by atoms with Gasteiger partial charge in [-0.1, -0.05) is 43.8 Å². The first-order valence-corrected chi connectivity index (χ1v) is 8.96. The lowest BCUT2D eigenvalue weighted by Gasteiger charge is -2.14. The summed E-state index contributed by atoms with van der Waals surface area (Å²) in [7, 11) is 0. The Hall–Kier alpha value is -1.34. The number of nitrogens with zero attached hydrogens (tertiary/aromatic N) is 2. The lowest BCUT2D eigenvalue weighted by atomic mass is 10.2. The SMILES string of the molecule is CC(C)Sc1nc2ccc(I)cc2c(=O)n1-c1ccccc1. The Morgan fingerprint density at radius 2 is 1.86 bits per heavy atom. The first-order valence-electron chi connectivity index (χ1n) is 7.00. The van der Waals surface area contributed by atoms with Gasteiger partial charge in [-0.25, -0.2) is 4.98 Å². The Balaban J connectivity index is 2.35. The molecule has 0 N–H and O–H groups in total. The van der Waals surface area contributed by atoms with Crippen LogP contribution in [0.15, 0.2) is 58.5 Å². The maximum Gasteiger partial charge on any atom is 0.266 e. The van der Waals surface area contributed by atoms with E-state index in [1.807, 2.05) is 48.5 Å². The van der Waals surface area contributed by atoms with Crippen LogP contribution >= 0.6 is 34.4 Å². The number of thioether (sulfide) groups is 1. The van der Waals surface area contributed by atoms with Crippen LogP contribution in [0.3, 0.4) is 0 Å². The summed E-state index contributed by atoms with van der Waals surface area (Å²) in [5.41, 5.74) is 1.59. The molecule has 0 atom stereocenters. The second kappa shape index (κ2) is 6.42. The summed E-state index contributed by atoms with van der Waals surface area (Å²) in [4.78, 5) is 17.7.